The Morgan fingerprint density at radius 1 is 0.927 bits per heavy atom. The number of benzene rings is 3. The summed E-state index contributed by atoms with van der Waals surface area (Å²) in [6.07, 6.45) is 1.93. The van der Waals surface area contributed by atoms with Gasteiger partial charge >= 0.3 is 0 Å². The van der Waals surface area contributed by atoms with E-state index in [-0.39, 0.29) is 37.2 Å². The van der Waals surface area contributed by atoms with Crippen molar-refractivity contribution in [2.45, 2.75) is 52.6 Å². The maximum Gasteiger partial charge on any atom is 0.243 e. The Hall–Kier alpha value is -3.17. The van der Waals surface area contributed by atoms with Crippen molar-refractivity contribution in [1.82, 2.24) is 10.2 Å². The van der Waals surface area contributed by atoms with Gasteiger partial charge in [0.2, 0.25) is 21.8 Å². The number of hydrogen-bond acceptors (Lipinski definition) is 4. The van der Waals surface area contributed by atoms with Crippen LogP contribution in [0.3, 0.4) is 0 Å². The lowest BCUT2D eigenvalue weighted by molar-refractivity contribution is -0.141. The van der Waals surface area contributed by atoms with E-state index in [4.69, 9.17) is 0 Å². The van der Waals surface area contributed by atoms with E-state index >= 15 is 0 Å². The van der Waals surface area contributed by atoms with E-state index in [0.717, 1.165) is 21.2 Å². The van der Waals surface area contributed by atoms with Crippen LogP contribution in [-0.4, -0.2) is 50.5 Å². The van der Waals surface area contributed by atoms with Gasteiger partial charge < -0.3 is 10.2 Å². The molecule has 3 aromatic rings. The molecule has 0 aromatic heterocycles. The van der Waals surface area contributed by atoms with E-state index < -0.39 is 16.1 Å². The number of anilines is 1. The molecule has 220 valence electrons. The number of amides is 2. The minimum atomic E-state index is -3.55. The molecular formula is C32H40BrN3O4S. The number of hydrogen-bond donors (Lipinski definition) is 1. The summed E-state index contributed by atoms with van der Waals surface area (Å²) in [5.41, 5.74) is 3.36. The first-order valence-electron chi connectivity index (χ1n) is 13.8. The largest absolute Gasteiger partial charge is 0.354 e. The fourth-order valence-electron chi connectivity index (χ4n) is 4.60. The van der Waals surface area contributed by atoms with Gasteiger partial charge in [0.05, 0.1) is 11.9 Å². The van der Waals surface area contributed by atoms with Gasteiger partial charge in [-0.2, -0.15) is 0 Å². The molecule has 1 atom stereocenters. The molecule has 0 aliphatic rings. The second kappa shape index (κ2) is 15.2. The number of nitrogens with zero attached hydrogens (tertiary/aromatic N) is 2. The minimum Gasteiger partial charge on any atom is -0.354 e. The Morgan fingerprint density at radius 3 is 2.24 bits per heavy atom. The summed E-state index contributed by atoms with van der Waals surface area (Å²) in [6.45, 7) is 6.87. The highest BCUT2D eigenvalue weighted by Crippen LogP contribution is 2.22. The van der Waals surface area contributed by atoms with Gasteiger partial charge in [-0.05, 0) is 60.2 Å². The molecule has 1 N–H and O–H groups in total. The molecule has 0 fully saturated rings. The minimum absolute atomic E-state index is 0.0919. The number of rotatable bonds is 14. The summed E-state index contributed by atoms with van der Waals surface area (Å²) in [5.74, 6) is -0.152. The van der Waals surface area contributed by atoms with Gasteiger partial charge in [-0.25, -0.2) is 8.42 Å². The lowest BCUT2D eigenvalue weighted by Gasteiger charge is -2.32. The van der Waals surface area contributed by atoms with Crippen LogP contribution in [0.25, 0.3) is 0 Å². The van der Waals surface area contributed by atoms with Crippen molar-refractivity contribution in [2.75, 3.05) is 23.7 Å². The van der Waals surface area contributed by atoms with Crippen molar-refractivity contribution >= 4 is 43.5 Å². The number of aryl methyl sites for hydroxylation is 1. The van der Waals surface area contributed by atoms with Gasteiger partial charge in [0.15, 0.2) is 0 Å². The highest BCUT2D eigenvalue weighted by atomic mass is 79.9. The summed E-state index contributed by atoms with van der Waals surface area (Å²) in [4.78, 5) is 29.1. The summed E-state index contributed by atoms with van der Waals surface area (Å²) in [7, 11) is -3.55. The van der Waals surface area contributed by atoms with Gasteiger partial charge in [-0.15, -0.1) is 0 Å². The van der Waals surface area contributed by atoms with Crippen molar-refractivity contribution in [3.63, 3.8) is 0 Å². The zero-order valence-corrected chi connectivity index (χ0v) is 26.6. The first-order chi connectivity index (χ1) is 19.4. The van der Waals surface area contributed by atoms with Crippen LogP contribution < -0.4 is 9.62 Å². The molecule has 0 bridgehead atoms. The molecule has 2 amide bonds. The molecule has 0 aliphatic heterocycles. The van der Waals surface area contributed by atoms with Crippen LogP contribution in [-0.2, 0) is 32.6 Å². The number of carbonyl (C=O) groups is 2. The lowest BCUT2D eigenvalue weighted by atomic mass is 10.0. The maximum atomic E-state index is 13.9. The van der Waals surface area contributed by atoms with Gasteiger partial charge in [-0.3, -0.25) is 13.9 Å². The van der Waals surface area contributed by atoms with Crippen molar-refractivity contribution in [3.8, 4) is 0 Å². The van der Waals surface area contributed by atoms with Crippen LogP contribution >= 0.6 is 15.9 Å². The average Bonchev–Trinajstić information content (AvgIpc) is 2.91. The fraction of sp³-hybridized carbons (Fsp3) is 0.375. The quantitative estimate of drug-likeness (QED) is 0.244. The van der Waals surface area contributed by atoms with Crippen LogP contribution in [0.4, 0.5) is 5.69 Å². The van der Waals surface area contributed by atoms with E-state index in [1.165, 1.54) is 10.6 Å². The monoisotopic (exact) mass is 641 g/mol. The van der Waals surface area contributed by atoms with Crippen molar-refractivity contribution < 1.29 is 18.0 Å². The third-order valence-corrected chi connectivity index (χ3v) is 8.33. The van der Waals surface area contributed by atoms with E-state index in [1.54, 1.807) is 11.0 Å². The topological polar surface area (TPSA) is 86.8 Å². The summed E-state index contributed by atoms with van der Waals surface area (Å²) in [6, 6.07) is 23.9. The van der Waals surface area contributed by atoms with Crippen molar-refractivity contribution in [2.24, 2.45) is 5.92 Å². The highest BCUT2D eigenvalue weighted by molar-refractivity contribution is 9.10. The molecule has 41 heavy (non-hydrogen) atoms. The summed E-state index contributed by atoms with van der Waals surface area (Å²) >= 11 is 3.51. The van der Waals surface area contributed by atoms with Gasteiger partial charge in [0.1, 0.15) is 6.04 Å². The molecule has 1 unspecified atom stereocenters. The molecule has 0 heterocycles. The zero-order valence-electron chi connectivity index (χ0n) is 24.2. The second-order valence-corrected chi connectivity index (χ2v) is 13.6. The van der Waals surface area contributed by atoms with E-state index in [1.807, 2.05) is 93.6 Å². The maximum absolute atomic E-state index is 13.9. The number of halogens is 1. The Kier molecular flexibility index (Phi) is 12.0. The smallest absolute Gasteiger partial charge is 0.243 e. The molecule has 3 aromatic carbocycles. The first-order valence-corrected chi connectivity index (χ1v) is 16.5. The lowest BCUT2D eigenvalue weighted by Crippen LogP contribution is -2.51. The van der Waals surface area contributed by atoms with Crippen molar-refractivity contribution in [3.05, 3.63) is 100 Å². The number of carbonyl (C=O) groups excluding carboxylic acids is 2. The predicted octanol–water partition coefficient (Wildman–Crippen LogP) is 5.72. The normalized spacial score (nSPS) is 12.1. The van der Waals surface area contributed by atoms with Crippen LogP contribution in [0, 0.1) is 12.8 Å². The third kappa shape index (κ3) is 10.3. The molecule has 9 heteroatoms. The summed E-state index contributed by atoms with van der Waals surface area (Å²) in [5, 5.41) is 3.03. The van der Waals surface area contributed by atoms with E-state index in [9.17, 15) is 18.0 Å². The molecule has 0 spiro atoms. The van der Waals surface area contributed by atoms with E-state index in [0.29, 0.717) is 25.1 Å². The fourth-order valence-corrected chi connectivity index (χ4v) is 6.00. The predicted molar refractivity (Wildman–Crippen MR) is 169 cm³/mol. The Morgan fingerprint density at radius 2 is 1.61 bits per heavy atom. The molecule has 0 saturated heterocycles. The van der Waals surface area contributed by atoms with Gasteiger partial charge in [0.25, 0.3) is 0 Å². The van der Waals surface area contributed by atoms with Gasteiger partial charge in [0, 0.05) is 36.9 Å². The second-order valence-electron chi connectivity index (χ2n) is 10.8. The summed E-state index contributed by atoms with van der Waals surface area (Å²) < 4.78 is 27.5. The molecule has 0 aliphatic carbocycles. The Balaban J connectivity index is 1.88. The third-order valence-electron chi connectivity index (χ3n) is 6.64. The number of nitrogens with one attached hydrogen (secondary N) is 1. The van der Waals surface area contributed by atoms with Crippen LogP contribution in [0.5, 0.6) is 0 Å². The van der Waals surface area contributed by atoms with Crippen LogP contribution in [0.1, 0.15) is 43.4 Å². The van der Waals surface area contributed by atoms with Gasteiger partial charge in [-0.1, -0.05) is 84.4 Å². The van der Waals surface area contributed by atoms with Crippen LogP contribution in [0.2, 0.25) is 0 Å². The molecular weight excluding hydrogens is 602 g/mol. The average molecular weight is 643 g/mol. The van der Waals surface area contributed by atoms with Crippen LogP contribution in [0.15, 0.2) is 83.3 Å². The Labute approximate surface area is 253 Å². The van der Waals surface area contributed by atoms with Crippen molar-refractivity contribution in [1.29, 1.82) is 0 Å². The number of sulfonamides is 1. The standard InChI is InChI=1S/C32H40BrN3O4S/c1-24(2)22-34-32(38)30(21-26-12-6-5-7-13-26)35(23-27-14-9-15-28(33)20-27)31(37)17-10-18-36(41(4,39)40)29-16-8-11-25(3)19-29/h5-9,11-16,19-20,24,30H,10,17-18,21-23H2,1-4H3,(H,34,38). The molecule has 3 rings (SSSR count). The highest BCUT2D eigenvalue weighted by Gasteiger charge is 2.30. The zero-order chi connectivity index (χ0) is 30.0. The first kappa shape index (κ1) is 32.3. The Bertz CT molecular complexity index is 1410. The SMILES string of the molecule is Cc1cccc(N(CCCC(=O)N(Cc2cccc(Br)c2)C(Cc2ccccc2)C(=O)NCC(C)C)S(C)(=O)=O)c1. The molecule has 7 nitrogen and oxygen atoms in total. The van der Waals surface area contributed by atoms with E-state index in [2.05, 4.69) is 21.2 Å². The molecule has 0 radical (unpaired) electrons. The molecule has 0 saturated carbocycles.